The lowest BCUT2D eigenvalue weighted by Gasteiger charge is -2.14. The van der Waals surface area contributed by atoms with Gasteiger partial charge in [0.1, 0.15) is 5.78 Å². The molecule has 0 aliphatic carbocycles. The van der Waals surface area contributed by atoms with Gasteiger partial charge in [-0.05, 0) is 33.0 Å². The maximum atomic E-state index is 11.8. The normalized spacial score (nSPS) is 26.2. The van der Waals surface area contributed by atoms with Crippen molar-refractivity contribution in [3.8, 4) is 0 Å². The first-order valence-corrected chi connectivity index (χ1v) is 5.07. The van der Waals surface area contributed by atoms with Crippen molar-refractivity contribution in [1.82, 2.24) is 4.90 Å². The maximum absolute atomic E-state index is 11.8. The van der Waals surface area contributed by atoms with E-state index >= 15 is 0 Å². The highest BCUT2D eigenvalue weighted by atomic mass is 16.1. The fourth-order valence-corrected chi connectivity index (χ4v) is 1.96. The summed E-state index contributed by atoms with van der Waals surface area (Å²) in [6.45, 7) is 4.61. The number of likely N-dealkylation sites (tertiary alicyclic amines) is 1. The Morgan fingerprint density at radius 3 is 2.85 bits per heavy atom. The number of Topliss-reactive ketones (excluding diaryl/α,β-unsaturated/α-hetero) is 1. The van der Waals surface area contributed by atoms with E-state index in [-0.39, 0.29) is 11.8 Å². The molecule has 0 aromatic carbocycles. The average molecular weight is 184 g/mol. The van der Waals surface area contributed by atoms with Gasteiger partial charge >= 0.3 is 0 Å². The number of carbonyl (C=O) groups excluding carboxylic acids is 1. The average Bonchev–Trinajstić information content (AvgIpc) is 2.51. The first-order valence-electron chi connectivity index (χ1n) is 5.07. The van der Waals surface area contributed by atoms with Gasteiger partial charge in [0.2, 0.25) is 0 Å². The molecule has 1 saturated heterocycles. The summed E-state index contributed by atoms with van der Waals surface area (Å²) in [5.41, 5.74) is 5.43. The summed E-state index contributed by atoms with van der Waals surface area (Å²) in [6.07, 6.45) is 1.86. The van der Waals surface area contributed by atoms with Crippen LogP contribution in [0.2, 0.25) is 0 Å². The van der Waals surface area contributed by atoms with E-state index in [1.165, 1.54) is 0 Å². The third-order valence-corrected chi connectivity index (χ3v) is 2.88. The van der Waals surface area contributed by atoms with Crippen molar-refractivity contribution in [3.05, 3.63) is 0 Å². The second-order valence-electron chi connectivity index (χ2n) is 4.13. The van der Waals surface area contributed by atoms with Crippen molar-refractivity contribution < 1.29 is 4.79 Å². The molecule has 2 unspecified atom stereocenters. The predicted molar refractivity (Wildman–Crippen MR) is 53.4 cm³/mol. The molecule has 76 valence electrons. The topological polar surface area (TPSA) is 46.3 Å². The van der Waals surface area contributed by atoms with Crippen LogP contribution in [0.3, 0.4) is 0 Å². The molecule has 1 aliphatic rings. The van der Waals surface area contributed by atoms with Crippen LogP contribution < -0.4 is 5.73 Å². The molecule has 0 saturated carbocycles. The van der Waals surface area contributed by atoms with E-state index in [4.69, 9.17) is 5.73 Å². The molecule has 1 fully saturated rings. The van der Waals surface area contributed by atoms with Gasteiger partial charge in [-0.3, -0.25) is 4.79 Å². The third kappa shape index (κ3) is 2.78. The second-order valence-corrected chi connectivity index (χ2v) is 4.13. The Kier molecular flexibility index (Phi) is 3.88. The van der Waals surface area contributed by atoms with Crippen molar-refractivity contribution >= 4 is 5.78 Å². The van der Waals surface area contributed by atoms with Crippen LogP contribution in [0, 0.1) is 11.8 Å². The first-order chi connectivity index (χ1) is 6.15. The van der Waals surface area contributed by atoms with Crippen molar-refractivity contribution in [3.63, 3.8) is 0 Å². The van der Waals surface area contributed by atoms with Gasteiger partial charge < -0.3 is 10.6 Å². The molecule has 0 bridgehead atoms. The number of hydrogen-bond donors (Lipinski definition) is 1. The first kappa shape index (κ1) is 10.7. The van der Waals surface area contributed by atoms with Crippen LogP contribution in [-0.2, 0) is 4.79 Å². The van der Waals surface area contributed by atoms with Gasteiger partial charge in [-0.25, -0.2) is 0 Å². The molecular weight excluding hydrogens is 164 g/mol. The van der Waals surface area contributed by atoms with E-state index < -0.39 is 0 Å². The Balaban J connectivity index is 2.38. The lowest BCUT2D eigenvalue weighted by atomic mass is 9.91. The second kappa shape index (κ2) is 4.72. The Bertz CT molecular complexity index is 182. The van der Waals surface area contributed by atoms with Gasteiger partial charge in [0.05, 0.1) is 0 Å². The summed E-state index contributed by atoms with van der Waals surface area (Å²) in [5, 5.41) is 0. The van der Waals surface area contributed by atoms with Gasteiger partial charge in [0.15, 0.2) is 0 Å². The van der Waals surface area contributed by atoms with Crippen molar-refractivity contribution in [2.75, 3.05) is 26.7 Å². The van der Waals surface area contributed by atoms with E-state index in [0.29, 0.717) is 12.3 Å². The largest absolute Gasteiger partial charge is 0.330 e. The highest BCUT2D eigenvalue weighted by Gasteiger charge is 2.28. The standard InChI is InChI=1S/C10H20N2O/c1-8(3-5-11)10(13)9-4-6-12(2)7-9/h8-9H,3-7,11H2,1-2H3. The zero-order valence-electron chi connectivity index (χ0n) is 8.62. The van der Waals surface area contributed by atoms with Gasteiger partial charge in [0.25, 0.3) is 0 Å². The summed E-state index contributed by atoms with van der Waals surface area (Å²) in [4.78, 5) is 14.0. The molecule has 2 N–H and O–H groups in total. The minimum atomic E-state index is 0.154. The zero-order chi connectivity index (χ0) is 9.84. The van der Waals surface area contributed by atoms with E-state index in [2.05, 4.69) is 11.9 Å². The Morgan fingerprint density at radius 2 is 2.38 bits per heavy atom. The van der Waals surface area contributed by atoms with Crippen LogP contribution in [0.15, 0.2) is 0 Å². The third-order valence-electron chi connectivity index (χ3n) is 2.88. The summed E-state index contributed by atoms with van der Waals surface area (Å²) in [7, 11) is 2.07. The Morgan fingerprint density at radius 1 is 1.69 bits per heavy atom. The molecule has 1 aliphatic heterocycles. The minimum absolute atomic E-state index is 0.154. The highest BCUT2D eigenvalue weighted by molar-refractivity contribution is 5.83. The van der Waals surface area contributed by atoms with E-state index in [1.54, 1.807) is 0 Å². The lowest BCUT2D eigenvalue weighted by Crippen LogP contribution is -2.25. The summed E-state index contributed by atoms with van der Waals surface area (Å²) < 4.78 is 0. The molecule has 0 radical (unpaired) electrons. The van der Waals surface area contributed by atoms with E-state index in [9.17, 15) is 4.79 Å². The van der Waals surface area contributed by atoms with Crippen LogP contribution in [-0.4, -0.2) is 37.4 Å². The Labute approximate surface area is 80.3 Å². The minimum Gasteiger partial charge on any atom is -0.330 e. The highest BCUT2D eigenvalue weighted by Crippen LogP contribution is 2.20. The number of ketones is 1. The molecule has 0 amide bonds. The monoisotopic (exact) mass is 184 g/mol. The lowest BCUT2D eigenvalue weighted by molar-refractivity contribution is -0.126. The summed E-state index contributed by atoms with van der Waals surface area (Å²) in [6, 6.07) is 0. The van der Waals surface area contributed by atoms with E-state index in [0.717, 1.165) is 25.9 Å². The predicted octanol–water partition coefficient (Wildman–Crippen LogP) is 0.492. The van der Waals surface area contributed by atoms with Gasteiger partial charge in [-0.15, -0.1) is 0 Å². The molecule has 3 heteroatoms. The molecule has 0 spiro atoms. The summed E-state index contributed by atoms with van der Waals surface area (Å²) >= 11 is 0. The molecule has 1 rings (SSSR count). The van der Waals surface area contributed by atoms with Gasteiger partial charge in [-0.1, -0.05) is 6.92 Å². The quantitative estimate of drug-likeness (QED) is 0.691. The molecule has 0 aromatic rings. The van der Waals surface area contributed by atoms with Crippen LogP contribution in [0.4, 0.5) is 0 Å². The number of hydrogen-bond acceptors (Lipinski definition) is 3. The molecule has 13 heavy (non-hydrogen) atoms. The Hall–Kier alpha value is -0.410. The fourth-order valence-electron chi connectivity index (χ4n) is 1.96. The van der Waals surface area contributed by atoms with Gasteiger partial charge in [0, 0.05) is 18.4 Å². The maximum Gasteiger partial charge on any atom is 0.140 e. The van der Waals surface area contributed by atoms with Crippen LogP contribution in [0.25, 0.3) is 0 Å². The molecule has 3 nitrogen and oxygen atoms in total. The van der Waals surface area contributed by atoms with Crippen molar-refractivity contribution in [1.29, 1.82) is 0 Å². The van der Waals surface area contributed by atoms with Gasteiger partial charge in [-0.2, -0.15) is 0 Å². The SMILES string of the molecule is CC(CCN)C(=O)C1CCN(C)C1. The van der Waals surface area contributed by atoms with E-state index in [1.807, 2.05) is 6.92 Å². The summed E-state index contributed by atoms with van der Waals surface area (Å²) in [5.74, 6) is 0.836. The molecular formula is C10H20N2O. The van der Waals surface area contributed by atoms with Crippen LogP contribution >= 0.6 is 0 Å². The number of carbonyl (C=O) groups is 1. The number of nitrogens with two attached hydrogens (primary N) is 1. The molecule has 0 aromatic heterocycles. The molecule has 2 atom stereocenters. The number of rotatable bonds is 4. The smallest absolute Gasteiger partial charge is 0.140 e. The van der Waals surface area contributed by atoms with Crippen LogP contribution in [0.5, 0.6) is 0 Å². The number of nitrogens with zero attached hydrogens (tertiary/aromatic N) is 1. The zero-order valence-corrected chi connectivity index (χ0v) is 8.62. The van der Waals surface area contributed by atoms with Crippen molar-refractivity contribution in [2.24, 2.45) is 17.6 Å². The molecule has 1 heterocycles. The van der Waals surface area contributed by atoms with Crippen molar-refractivity contribution in [2.45, 2.75) is 19.8 Å². The van der Waals surface area contributed by atoms with Crippen LogP contribution in [0.1, 0.15) is 19.8 Å². The fraction of sp³-hybridized carbons (Fsp3) is 0.900.